The fourth-order valence-electron chi connectivity index (χ4n) is 2.07. The van der Waals surface area contributed by atoms with Crippen LogP contribution in [-0.4, -0.2) is 23.6 Å². The molecule has 3 nitrogen and oxygen atoms in total. The van der Waals surface area contributed by atoms with E-state index in [2.05, 4.69) is 61.6 Å². The first-order chi connectivity index (χ1) is 8.88. The molecule has 106 valence electrons. The van der Waals surface area contributed by atoms with E-state index in [1.165, 1.54) is 5.56 Å². The summed E-state index contributed by atoms with van der Waals surface area (Å²) in [6, 6.07) is 4.31. The molecule has 0 aliphatic carbocycles. The highest BCUT2D eigenvalue weighted by atomic mass is 15.2. The van der Waals surface area contributed by atoms with Crippen molar-refractivity contribution < 1.29 is 0 Å². The number of rotatable bonds is 6. The monoisotopic (exact) mass is 261 g/mol. The number of aryl methyl sites for hydroxylation is 1. The van der Waals surface area contributed by atoms with Crippen molar-refractivity contribution in [1.29, 1.82) is 0 Å². The van der Waals surface area contributed by atoms with E-state index in [4.69, 9.17) is 0 Å². The van der Waals surface area contributed by atoms with Crippen LogP contribution in [0.2, 0.25) is 0 Å². The van der Waals surface area contributed by atoms with Crippen LogP contribution in [0.4, 0.5) is 5.82 Å². The van der Waals surface area contributed by atoms with Crippen molar-refractivity contribution >= 4 is 5.82 Å². The molecular weight excluding hydrogens is 234 g/mol. The molecule has 3 heteroatoms. The third kappa shape index (κ3) is 4.67. The minimum atomic E-state index is 0.0322. The Labute approximate surface area is 117 Å². The molecule has 0 aliphatic heterocycles. The second-order valence-electron chi connectivity index (χ2n) is 5.83. The average Bonchev–Trinajstić information content (AvgIpc) is 2.31. The molecule has 1 N–H and O–H groups in total. The molecule has 0 saturated carbocycles. The molecule has 0 atom stereocenters. The molecule has 0 saturated heterocycles. The lowest BCUT2D eigenvalue weighted by Crippen LogP contribution is -2.42. The highest BCUT2D eigenvalue weighted by Crippen LogP contribution is 2.23. The maximum Gasteiger partial charge on any atom is 0.129 e. The molecule has 1 aromatic rings. The van der Waals surface area contributed by atoms with E-state index in [0.717, 1.165) is 31.1 Å². The van der Waals surface area contributed by atoms with Crippen LogP contribution in [0.25, 0.3) is 0 Å². The third-order valence-corrected chi connectivity index (χ3v) is 2.98. The summed E-state index contributed by atoms with van der Waals surface area (Å²) in [5.41, 5.74) is 2.37. The van der Waals surface area contributed by atoms with E-state index in [9.17, 15) is 0 Å². The van der Waals surface area contributed by atoms with Gasteiger partial charge >= 0.3 is 0 Å². The van der Waals surface area contributed by atoms with Crippen molar-refractivity contribution in [2.24, 2.45) is 0 Å². The summed E-state index contributed by atoms with van der Waals surface area (Å²) in [4.78, 5) is 6.96. The van der Waals surface area contributed by atoms with Crippen molar-refractivity contribution in [3.63, 3.8) is 0 Å². The van der Waals surface area contributed by atoms with Crippen molar-refractivity contribution in [1.82, 2.24) is 10.3 Å². The molecule has 0 aliphatic rings. The number of aromatic nitrogens is 1. The normalized spacial score (nSPS) is 11.4. The van der Waals surface area contributed by atoms with Gasteiger partial charge in [0.25, 0.3) is 0 Å². The van der Waals surface area contributed by atoms with Gasteiger partial charge < -0.3 is 10.2 Å². The van der Waals surface area contributed by atoms with E-state index in [1.807, 2.05) is 13.0 Å². The molecular formula is C16H27N3. The molecule has 0 radical (unpaired) electrons. The van der Waals surface area contributed by atoms with Gasteiger partial charge in [0.05, 0.1) is 0 Å². The van der Waals surface area contributed by atoms with Crippen LogP contribution in [0.15, 0.2) is 24.8 Å². The van der Waals surface area contributed by atoms with E-state index in [-0.39, 0.29) is 5.54 Å². The van der Waals surface area contributed by atoms with Crippen LogP contribution in [0.3, 0.4) is 0 Å². The Morgan fingerprint density at radius 1 is 1.37 bits per heavy atom. The molecule has 0 unspecified atom stereocenters. The Kier molecular flexibility index (Phi) is 5.55. The Hall–Kier alpha value is -1.35. The number of pyridine rings is 1. The number of anilines is 1. The van der Waals surface area contributed by atoms with Crippen LogP contribution in [0.5, 0.6) is 0 Å². The first kappa shape index (κ1) is 15.7. The van der Waals surface area contributed by atoms with Crippen molar-refractivity contribution in [2.45, 2.75) is 46.7 Å². The van der Waals surface area contributed by atoms with Crippen LogP contribution in [-0.2, 0) is 6.54 Å². The molecule has 0 amide bonds. The lowest BCUT2D eigenvalue weighted by atomic mass is 10.1. The topological polar surface area (TPSA) is 28.2 Å². The van der Waals surface area contributed by atoms with Gasteiger partial charge in [-0.3, -0.25) is 0 Å². The van der Waals surface area contributed by atoms with Gasteiger partial charge in [0.1, 0.15) is 5.82 Å². The smallest absolute Gasteiger partial charge is 0.129 e. The lowest BCUT2D eigenvalue weighted by molar-refractivity contribution is 0.516. The molecule has 1 rings (SSSR count). The van der Waals surface area contributed by atoms with Gasteiger partial charge in [0.15, 0.2) is 0 Å². The standard InChI is InChI=1S/C16H27N3/c1-7-9-19(16(4,5)6)15-11-14(12-17-8-2)10-13(3)18-15/h7,10-11,17H,1,8-9,12H2,2-6H3. The zero-order chi connectivity index (χ0) is 14.5. The number of nitrogens with zero attached hydrogens (tertiary/aromatic N) is 2. The molecule has 0 bridgehead atoms. The van der Waals surface area contributed by atoms with Gasteiger partial charge in [-0.25, -0.2) is 4.98 Å². The second kappa shape index (κ2) is 6.71. The van der Waals surface area contributed by atoms with Gasteiger partial charge in [-0.05, 0) is 51.9 Å². The summed E-state index contributed by atoms with van der Waals surface area (Å²) in [7, 11) is 0. The van der Waals surface area contributed by atoms with Crippen molar-refractivity contribution in [3.8, 4) is 0 Å². The van der Waals surface area contributed by atoms with Crippen LogP contribution in [0.1, 0.15) is 39.0 Å². The molecule has 0 aromatic carbocycles. The van der Waals surface area contributed by atoms with Crippen LogP contribution < -0.4 is 10.2 Å². The van der Waals surface area contributed by atoms with Gasteiger partial charge in [-0.15, -0.1) is 6.58 Å². The van der Waals surface area contributed by atoms with Crippen LogP contribution >= 0.6 is 0 Å². The maximum absolute atomic E-state index is 4.68. The van der Waals surface area contributed by atoms with Crippen molar-refractivity contribution in [2.75, 3.05) is 18.0 Å². The number of nitrogens with one attached hydrogen (secondary N) is 1. The summed E-state index contributed by atoms with van der Waals surface area (Å²) >= 11 is 0. The molecule has 0 fully saturated rings. The van der Waals surface area contributed by atoms with E-state index < -0.39 is 0 Å². The van der Waals surface area contributed by atoms with Gasteiger partial charge in [-0.2, -0.15) is 0 Å². The average molecular weight is 261 g/mol. The van der Waals surface area contributed by atoms with E-state index in [1.54, 1.807) is 0 Å². The Morgan fingerprint density at radius 2 is 2.05 bits per heavy atom. The zero-order valence-electron chi connectivity index (χ0n) is 13.0. The van der Waals surface area contributed by atoms with Gasteiger partial charge in [0.2, 0.25) is 0 Å². The molecule has 1 heterocycles. The Morgan fingerprint density at radius 3 is 2.58 bits per heavy atom. The van der Waals surface area contributed by atoms with E-state index in [0.29, 0.717) is 0 Å². The van der Waals surface area contributed by atoms with Crippen molar-refractivity contribution in [3.05, 3.63) is 36.0 Å². The maximum atomic E-state index is 4.68. The second-order valence-corrected chi connectivity index (χ2v) is 5.83. The summed E-state index contributed by atoms with van der Waals surface area (Å²) in [6.45, 7) is 17.3. The highest BCUT2D eigenvalue weighted by Gasteiger charge is 2.22. The Balaban J connectivity index is 3.08. The minimum Gasteiger partial charge on any atom is -0.348 e. The van der Waals surface area contributed by atoms with Gasteiger partial charge in [0, 0.05) is 24.3 Å². The lowest BCUT2D eigenvalue weighted by Gasteiger charge is -2.36. The fraction of sp³-hybridized carbons (Fsp3) is 0.562. The summed E-state index contributed by atoms with van der Waals surface area (Å²) in [6.07, 6.45) is 1.93. The predicted octanol–water partition coefficient (Wildman–Crippen LogP) is 3.29. The van der Waals surface area contributed by atoms with E-state index >= 15 is 0 Å². The molecule has 19 heavy (non-hydrogen) atoms. The summed E-state index contributed by atoms with van der Waals surface area (Å²) in [5.74, 6) is 1.03. The first-order valence-corrected chi connectivity index (χ1v) is 6.95. The SMILES string of the molecule is C=CCN(c1cc(CNCC)cc(C)n1)C(C)(C)C. The van der Waals surface area contributed by atoms with Crippen LogP contribution in [0, 0.1) is 6.92 Å². The number of hydrogen-bond donors (Lipinski definition) is 1. The first-order valence-electron chi connectivity index (χ1n) is 6.95. The summed E-state index contributed by atoms with van der Waals surface area (Å²) in [5, 5.41) is 3.36. The minimum absolute atomic E-state index is 0.0322. The van der Waals surface area contributed by atoms with Gasteiger partial charge in [-0.1, -0.05) is 13.0 Å². The third-order valence-electron chi connectivity index (χ3n) is 2.98. The highest BCUT2D eigenvalue weighted by molar-refractivity contribution is 5.45. The Bertz CT molecular complexity index is 418. The molecule has 0 spiro atoms. The molecule has 1 aromatic heterocycles. The summed E-state index contributed by atoms with van der Waals surface area (Å²) < 4.78 is 0. The fourth-order valence-corrected chi connectivity index (χ4v) is 2.07. The zero-order valence-corrected chi connectivity index (χ0v) is 13.0. The largest absolute Gasteiger partial charge is 0.348 e. The number of hydrogen-bond acceptors (Lipinski definition) is 3. The predicted molar refractivity (Wildman–Crippen MR) is 83.7 cm³/mol. The quantitative estimate of drug-likeness (QED) is 0.796.